The molecule has 1 aromatic carbocycles. The molecule has 90 valence electrons. The fraction of sp³-hybridized carbons (Fsp3) is 0.400. The van der Waals surface area contributed by atoms with Gasteiger partial charge in [0.2, 0.25) is 0 Å². The number of para-hydroxylation sites is 1. The van der Waals surface area contributed by atoms with Gasteiger partial charge in [-0.1, -0.05) is 32.0 Å². The highest BCUT2D eigenvalue weighted by molar-refractivity contribution is 5.83. The van der Waals surface area contributed by atoms with Crippen LogP contribution in [0.4, 0.5) is 0 Å². The lowest BCUT2D eigenvalue weighted by Gasteiger charge is -1.99. The van der Waals surface area contributed by atoms with E-state index in [2.05, 4.69) is 60.5 Å². The van der Waals surface area contributed by atoms with Crippen molar-refractivity contribution in [2.75, 3.05) is 6.54 Å². The van der Waals surface area contributed by atoms with E-state index in [1.54, 1.807) is 0 Å². The van der Waals surface area contributed by atoms with Gasteiger partial charge in [-0.3, -0.25) is 4.99 Å². The molecule has 0 spiro atoms. The van der Waals surface area contributed by atoms with Crippen molar-refractivity contribution in [3.05, 3.63) is 36.0 Å². The van der Waals surface area contributed by atoms with Gasteiger partial charge in [-0.25, -0.2) is 0 Å². The summed E-state index contributed by atoms with van der Waals surface area (Å²) >= 11 is 0. The van der Waals surface area contributed by atoms with Gasteiger partial charge >= 0.3 is 0 Å². The highest BCUT2D eigenvalue weighted by atomic mass is 14.7. The van der Waals surface area contributed by atoms with Crippen molar-refractivity contribution in [2.45, 2.75) is 26.7 Å². The molecule has 0 bridgehead atoms. The van der Waals surface area contributed by atoms with E-state index in [1.165, 1.54) is 16.5 Å². The molecule has 0 unspecified atom stereocenters. The molecule has 0 aliphatic rings. The summed E-state index contributed by atoms with van der Waals surface area (Å²) in [4.78, 5) is 7.78. The maximum absolute atomic E-state index is 4.48. The minimum absolute atomic E-state index is 0.595. The molecular formula is C15H20N2. The van der Waals surface area contributed by atoms with E-state index in [-0.39, 0.29) is 0 Å². The quantitative estimate of drug-likeness (QED) is 0.753. The van der Waals surface area contributed by atoms with Gasteiger partial charge in [-0.15, -0.1) is 0 Å². The Morgan fingerprint density at radius 3 is 3.00 bits per heavy atom. The van der Waals surface area contributed by atoms with Gasteiger partial charge in [-0.05, 0) is 30.4 Å². The first-order valence-corrected chi connectivity index (χ1v) is 6.36. The Balaban J connectivity index is 1.97. The molecule has 0 radical (unpaired) electrons. The van der Waals surface area contributed by atoms with E-state index in [4.69, 9.17) is 0 Å². The molecule has 0 amide bonds. The number of aromatic nitrogens is 1. The average molecular weight is 228 g/mol. The van der Waals surface area contributed by atoms with E-state index < -0.39 is 0 Å². The second kappa shape index (κ2) is 5.67. The van der Waals surface area contributed by atoms with Crippen molar-refractivity contribution in [1.82, 2.24) is 4.98 Å². The third-order valence-electron chi connectivity index (χ3n) is 3.19. The van der Waals surface area contributed by atoms with Crippen LogP contribution in [0.3, 0.4) is 0 Å². The summed E-state index contributed by atoms with van der Waals surface area (Å²) in [5.41, 5.74) is 2.58. The fourth-order valence-corrected chi connectivity index (χ4v) is 1.88. The lowest BCUT2D eigenvalue weighted by molar-refractivity contribution is 0.749. The van der Waals surface area contributed by atoms with E-state index >= 15 is 0 Å². The Morgan fingerprint density at radius 1 is 1.35 bits per heavy atom. The topological polar surface area (TPSA) is 28.1 Å². The molecule has 1 heterocycles. The molecule has 0 aliphatic carbocycles. The zero-order valence-corrected chi connectivity index (χ0v) is 10.6. The number of fused-ring (bicyclic) bond motifs is 1. The summed E-state index contributed by atoms with van der Waals surface area (Å²) in [5, 5.41) is 1.33. The number of benzene rings is 1. The zero-order chi connectivity index (χ0) is 12.1. The summed E-state index contributed by atoms with van der Waals surface area (Å²) < 4.78 is 0. The minimum Gasteiger partial charge on any atom is -0.361 e. The summed E-state index contributed by atoms with van der Waals surface area (Å²) in [7, 11) is 0. The van der Waals surface area contributed by atoms with Crippen LogP contribution in [-0.4, -0.2) is 17.7 Å². The van der Waals surface area contributed by atoms with Crippen LogP contribution in [0, 0.1) is 5.92 Å². The molecule has 1 N–H and O–H groups in total. The summed E-state index contributed by atoms with van der Waals surface area (Å²) in [6.45, 7) is 5.28. The van der Waals surface area contributed by atoms with E-state index in [1.807, 2.05) is 0 Å². The largest absolute Gasteiger partial charge is 0.361 e. The average Bonchev–Trinajstić information content (AvgIpc) is 2.78. The molecular weight excluding hydrogens is 208 g/mol. The summed E-state index contributed by atoms with van der Waals surface area (Å²) in [6.07, 6.45) is 6.35. The molecule has 1 aromatic heterocycles. The van der Waals surface area contributed by atoms with Crippen LogP contribution in [0.15, 0.2) is 35.5 Å². The van der Waals surface area contributed by atoms with Crippen molar-refractivity contribution in [3.63, 3.8) is 0 Å². The van der Waals surface area contributed by atoms with E-state index in [9.17, 15) is 0 Å². The smallest absolute Gasteiger partial charge is 0.0456 e. The third kappa shape index (κ3) is 2.96. The van der Waals surface area contributed by atoms with Crippen LogP contribution in [0.2, 0.25) is 0 Å². The van der Waals surface area contributed by atoms with Crippen molar-refractivity contribution in [1.29, 1.82) is 0 Å². The predicted molar refractivity (Wildman–Crippen MR) is 74.8 cm³/mol. The fourth-order valence-electron chi connectivity index (χ4n) is 1.88. The number of rotatable bonds is 5. The Labute approximate surface area is 103 Å². The maximum Gasteiger partial charge on any atom is 0.0456 e. The van der Waals surface area contributed by atoms with Crippen LogP contribution < -0.4 is 0 Å². The first-order chi connectivity index (χ1) is 8.31. The summed E-state index contributed by atoms with van der Waals surface area (Å²) in [5.74, 6) is 0.595. The van der Waals surface area contributed by atoms with Crippen LogP contribution >= 0.6 is 0 Å². The normalized spacial score (nSPS) is 13.5. The Bertz CT molecular complexity index is 496. The van der Waals surface area contributed by atoms with Gasteiger partial charge in [0.15, 0.2) is 0 Å². The first kappa shape index (κ1) is 11.9. The lowest BCUT2D eigenvalue weighted by Crippen LogP contribution is -1.95. The molecule has 2 aromatic rings. The van der Waals surface area contributed by atoms with Gasteiger partial charge in [0.1, 0.15) is 0 Å². The molecule has 2 heteroatoms. The Morgan fingerprint density at radius 2 is 2.18 bits per heavy atom. The van der Waals surface area contributed by atoms with Crippen molar-refractivity contribution < 1.29 is 0 Å². The Kier molecular flexibility index (Phi) is 3.97. The van der Waals surface area contributed by atoms with Crippen molar-refractivity contribution in [3.8, 4) is 0 Å². The number of aliphatic imine (C=N–C) groups is 1. The van der Waals surface area contributed by atoms with Crippen LogP contribution in [0.25, 0.3) is 10.9 Å². The third-order valence-corrected chi connectivity index (χ3v) is 3.19. The second-order valence-corrected chi connectivity index (χ2v) is 4.55. The number of H-pyrrole nitrogens is 1. The molecule has 1 atom stereocenters. The highest BCUT2D eigenvalue weighted by Crippen LogP contribution is 2.17. The number of hydrogen-bond donors (Lipinski definition) is 1. The summed E-state index contributed by atoms with van der Waals surface area (Å²) in [6, 6.07) is 8.42. The number of hydrogen-bond acceptors (Lipinski definition) is 1. The SMILES string of the molecule is CC[C@H](C)C=NCCc1c[nH]c2ccccc12. The van der Waals surface area contributed by atoms with E-state index in [0.717, 1.165) is 19.4 Å². The molecule has 2 nitrogen and oxygen atoms in total. The van der Waals surface area contributed by atoms with Gasteiger partial charge in [0, 0.05) is 29.9 Å². The van der Waals surface area contributed by atoms with Crippen molar-refractivity contribution in [2.24, 2.45) is 10.9 Å². The van der Waals surface area contributed by atoms with Gasteiger partial charge in [0.05, 0.1) is 0 Å². The monoisotopic (exact) mass is 228 g/mol. The van der Waals surface area contributed by atoms with Crippen molar-refractivity contribution >= 4 is 17.1 Å². The predicted octanol–water partition coefficient (Wildman–Crippen LogP) is 3.83. The van der Waals surface area contributed by atoms with Gasteiger partial charge < -0.3 is 4.98 Å². The zero-order valence-electron chi connectivity index (χ0n) is 10.6. The Hall–Kier alpha value is -1.57. The second-order valence-electron chi connectivity index (χ2n) is 4.55. The number of nitrogens with zero attached hydrogens (tertiary/aromatic N) is 1. The highest BCUT2D eigenvalue weighted by Gasteiger charge is 2.01. The first-order valence-electron chi connectivity index (χ1n) is 6.36. The van der Waals surface area contributed by atoms with Crippen LogP contribution in [-0.2, 0) is 6.42 Å². The minimum atomic E-state index is 0.595. The van der Waals surface area contributed by atoms with Crippen LogP contribution in [0.1, 0.15) is 25.8 Å². The molecule has 0 fully saturated rings. The number of aromatic amines is 1. The molecule has 0 saturated carbocycles. The number of nitrogens with one attached hydrogen (secondary N) is 1. The standard InChI is InChI=1S/C15H20N2/c1-3-12(2)10-16-9-8-13-11-17-15-7-5-4-6-14(13)15/h4-7,10-12,17H,3,8-9H2,1-2H3/t12-/m0/s1. The van der Waals surface area contributed by atoms with E-state index in [0.29, 0.717) is 5.92 Å². The molecule has 17 heavy (non-hydrogen) atoms. The van der Waals surface area contributed by atoms with Crippen LogP contribution in [0.5, 0.6) is 0 Å². The molecule has 2 rings (SSSR count). The molecule has 0 saturated heterocycles. The molecule has 0 aliphatic heterocycles. The maximum atomic E-state index is 4.48. The van der Waals surface area contributed by atoms with Gasteiger partial charge in [0.25, 0.3) is 0 Å². The lowest BCUT2D eigenvalue weighted by atomic mass is 10.1. The van der Waals surface area contributed by atoms with Gasteiger partial charge in [-0.2, -0.15) is 0 Å².